The second-order valence-corrected chi connectivity index (χ2v) is 5.72. The van der Waals surface area contributed by atoms with E-state index in [-0.39, 0.29) is 11.1 Å². The molecule has 0 atom stereocenters. The predicted octanol–water partition coefficient (Wildman–Crippen LogP) is 2.68. The van der Waals surface area contributed by atoms with Crippen LogP contribution in [0.2, 0.25) is 0 Å². The molecule has 0 radical (unpaired) electrons. The van der Waals surface area contributed by atoms with Crippen LogP contribution in [0.5, 0.6) is 28.7 Å². The van der Waals surface area contributed by atoms with Crippen LogP contribution < -0.4 is 0 Å². The van der Waals surface area contributed by atoms with Crippen LogP contribution in [-0.2, 0) is 0 Å². The highest BCUT2D eigenvalue weighted by atomic mass is 16.3. The van der Waals surface area contributed by atoms with Crippen molar-refractivity contribution in [2.75, 3.05) is 0 Å². The molecular weight excluding hydrogens is 352 g/mol. The summed E-state index contributed by atoms with van der Waals surface area (Å²) in [5.41, 5.74) is -1.09. The van der Waals surface area contributed by atoms with Gasteiger partial charge >= 0.3 is 0 Å². The molecule has 0 aliphatic heterocycles. The van der Waals surface area contributed by atoms with Crippen molar-refractivity contribution in [1.29, 1.82) is 0 Å². The second-order valence-electron chi connectivity index (χ2n) is 5.72. The van der Waals surface area contributed by atoms with Crippen molar-refractivity contribution >= 4 is 11.6 Å². The summed E-state index contributed by atoms with van der Waals surface area (Å²) in [7, 11) is 0. The summed E-state index contributed by atoms with van der Waals surface area (Å²) in [6, 6.07) is 12.4. The quantitative estimate of drug-likeness (QED) is 0.354. The Kier molecular flexibility index (Phi) is 4.43. The number of phenols is 5. The van der Waals surface area contributed by atoms with E-state index in [4.69, 9.17) is 0 Å². The molecule has 7 nitrogen and oxygen atoms in total. The smallest absolute Gasteiger partial charge is 0.201 e. The molecule has 0 bridgehead atoms. The molecule has 0 fully saturated rings. The van der Waals surface area contributed by atoms with Gasteiger partial charge in [0.2, 0.25) is 11.5 Å². The van der Waals surface area contributed by atoms with Crippen LogP contribution >= 0.6 is 0 Å². The highest BCUT2D eigenvalue weighted by Gasteiger charge is 2.27. The number of hydrogen-bond acceptors (Lipinski definition) is 7. The van der Waals surface area contributed by atoms with Crippen molar-refractivity contribution < 1.29 is 35.1 Å². The van der Waals surface area contributed by atoms with E-state index in [0.717, 1.165) is 12.1 Å². The predicted molar refractivity (Wildman–Crippen MR) is 94.5 cm³/mol. The largest absolute Gasteiger partial charge is 0.504 e. The van der Waals surface area contributed by atoms with Gasteiger partial charge in [0.05, 0.1) is 16.7 Å². The molecule has 0 aromatic heterocycles. The average molecular weight is 366 g/mol. The summed E-state index contributed by atoms with van der Waals surface area (Å²) in [4.78, 5) is 25.3. The third-order valence-corrected chi connectivity index (χ3v) is 4.03. The normalized spacial score (nSPS) is 10.5. The number of carbonyl (C=O) groups excluding carboxylic acids is 2. The molecule has 0 spiro atoms. The summed E-state index contributed by atoms with van der Waals surface area (Å²) in [6.07, 6.45) is 0. The summed E-state index contributed by atoms with van der Waals surface area (Å²) in [6.45, 7) is 0. The van der Waals surface area contributed by atoms with E-state index >= 15 is 0 Å². The number of rotatable bonds is 4. The lowest BCUT2D eigenvalue weighted by molar-refractivity contribution is 0.103. The van der Waals surface area contributed by atoms with Crippen LogP contribution in [-0.4, -0.2) is 37.1 Å². The lowest BCUT2D eigenvalue weighted by Crippen LogP contribution is -2.07. The van der Waals surface area contributed by atoms with Gasteiger partial charge in [0.15, 0.2) is 28.8 Å². The number of aromatic hydroxyl groups is 5. The highest BCUT2D eigenvalue weighted by Crippen LogP contribution is 2.43. The maximum Gasteiger partial charge on any atom is 0.201 e. The molecule has 0 saturated heterocycles. The van der Waals surface area contributed by atoms with Gasteiger partial charge in [0, 0.05) is 5.56 Å². The number of para-hydroxylation sites is 1. The molecule has 136 valence electrons. The number of carbonyl (C=O) groups is 2. The van der Waals surface area contributed by atoms with Crippen LogP contribution in [0.4, 0.5) is 0 Å². The Balaban J connectivity index is 2.17. The summed E-state index contributed by atoms with van der Waals surface area (Å²) in [5.74, 6) is -5.78. The van der Waals surface area contributed by atoms with Gasteiger partial charge in [-0.05, 0) is 18.2 Å². The fourth-order valence-electron chi connectivity index (χ4n) is 2.60. The van der Waals surface area contributed by atoms with Gasteiger partial charge in [0.1, 0.15) is 0 Å². The van der Waals surface area contributed by atoms with E-state index in [1.54, 1.807) is 18.2 Å². The van der Waals surface area contributed by atoms with Gasteiger partial charge in [-0.2, -0.15) is 0 Å². The third-order valence-electron chi connectivity index (χ3n) is 4.03. The molecule has 0 unspecified atom stereocenters. The van der Waals surface area contributed by atoms with Gasteiger partial charge in [0.25, 0.3) is 0 Å². The molecule has 0 amide bonds. The lowest BCUT2D eigenvalue weighted by Gasteiger charge is -2.12. The zero-order valence-corrected chi connectivity index (χ0v) is 13.7. The first-order valence-electron chi connectivity index (χ1n) is 7.76. The minimum Gasteiger partial charge on any atom is -0.504 e. The second kappa shape index (κ2) is 6.72. The molecule has 0 saturated carbocycles. The standard InChI is InChI=1S/C20H14O7/c21-14-8-4-7-11(17(14)24)16(23)13-9-12(18(25)20(27)19(13)26)15(22)10-5-2-1-3-6-10/h1-9,21,24-27H. The molecule has 0 aliphatic carbocycles. The van der Waals surface area contributed by atoms with Gasteiger partial charge in [-0.3, -0.25) is 9.59 Å². The van der Waals surface area contributed by atoms with Crippen molar-refractivity contribution in [3.05, 3.63) is 76.9 Å². The third kappa shape index (κ3) is 3.02. The molecule has 0 aliphatic rings. The van der Waals surface area contributed by atoms with Crippen LogP contribution in [0.1, 0.15) is 31.8 Å². The number of phenolic OH excluding ortho intramolecular Hbond substituents is 5. The SMILES string of the molecule is O=C(c1ccccc1)c1cc(C(=O)c2cccc(O)c2O)c(O)c(O)c1O. The first-order chi connectivity index (χ1) is 12.8. The van der Waals surface area contributed by atoms with Crippen molar-refractivity contribution in [3.63, 3.8) is 0 Å². The molecule has 3 aromatic carbocycles. The van der Waals surface area contributed by atoms with Crippen LogP contribution in [0.15, 0.2) is 54.6 Å². The maximum atomic E-state index is 12.7. The Labute approximate surface area is 153 Å². The van der Waals surface area contributed by atoms with Crippen LogP contribution in [0.25, 0.3) is 0 Å². The van der Waals surface area contributed by atoms with E-state index in [1.165, 1.54) is 24.3 Å². The van der Waals surface area contributed by atoms with Gasteiger partial charge in [-0.25, -0.2) is 0 Å². The van der Waals surface area contributed by atoms with Gasteiger partial charge in [-0.15, -0.1) is 0 Å². The Bertz CT molecular complexity index is 1060. The molecule has 27 heavy (non-hydrogen) atoms. The Hall–Kier alpha value is -4.00. The van der Waals surface area contributed by atoms with Crippen molar-refractivity contribution in [2.45, 2.75) is 0 Å². The topological polar surface area (TPSA) is 135 Å². The minimum atomic E-state index is -1.04. The zero-order chi connectivity index (χ0) is 19.7. The van der Waals surface area contributed by atoms with Gasteiger partial charge in [-0.1, -0.05) is 36.4 Å². The minimum absolute atomic E-state index is 0.191. The van der Waals surface area contributed by atoms with Crippen molar-refractivity contribution in [1.82, 2.24) is 0 Å². The fraction of sp³-hybridized carbons (Fsp3) is 0. The summed E-state index contributed by atoms with van der Waals surface area (Å²) in [5, 5.41) is 49.5. The van der Waals surface area contributed by atoms with E-state index in [1.807, 2.05) is 0 Å². The molecular formula is C20H14O7. The summed E-state index contributed by atoms with van der Waals surface area (Å²) < 4.78 is 0. The first-order valence-corrected chi connectivity index (χ1v) is 7.76. The Morgan fingerprint density at radius 2 is 1.15 bits per heavy atom. The monoisotopic (exact) mass is 366 g/mol. The molecule has 0 heterocycles. The fourth-order valence-corrected chi connectivity index (χ4v) is 2.60. The van der Waals surface area contributed by atoms with E-state index in [0.29, 0.717) is 0 Å². The zero-order valence-electron chi connectivity index (χ0n) is 13.7. The van der Waals surface area contributed by atoms with E-state index in [9.17, 15) is 35.1 Å². The van der Waals surface area contributed by atoms with Crippen LogP contribution in [0, 0.1) is 0 Å². The Morgan fingerprint density at radius 3 is 1.78 bits per heavy atom. The molecule has 3 aromatic rings. The number of benzene rings is 3. The Morgan fingerprint density at radius 1 is 0.556 bits per heavy atom. The number of hydrogen-bond donors (Lipinski definition) is 5. The molecule has 7 heteroatoms. The highest BCUT2D eigenvalue weighted by molar-refractivity contribution is 6.17. The molecule has 3 rings (SSSR count). The maximum absolute atomic E-state index is 12.7. The molecule has 5 N–H and O–H groups in total. The van der Waals surface area contributed by atoms with E-state index in [2.05, 4.69) is 0 Å². The van der Waals surface area contributed by atoms with Crippen molar-refractivity contribution in [2.24, 2.45) is 0 Å². The average Bonchev–Trinajstić information content (AvgIpc) is 2.68. The van der Waals surface area contributed by atoms with Crippen molar-refractivity contribution in [3.8, 4) is 28.7 Å². The summed E-state index contributed by atoms with van der Waals surface area (Å²) >= 11 is 0. The van der Waals surface area contributed by atoms with Crippen LogP contribution in [0.3, 0.4) is 0 Å². The lowest BCUT2D eigenvalue weighted by atomic mass is 9.94. The van der Waals surface area contributed by atoms with Gasteiger partial charge < -0.3 is 25.5 Å². The van der Waals surface area contributed by atoms with E-state index < -0.39 is 51.4 Å². The number of ketones is 2. The first kappa shape index (κ1) is 17.8.